The lowest BCUT2D eigenvalue weighted by Gasteiger charge is -2.12. The molecular weight excluding hydrogens is 520 g/mol. The lowest BCUT2D eigenvalue weighted by Crippen LogP contribution is -2.19. The van der Waals surface area contributed by atoms with Crippen molar-refractivity contribution in [1.82, 2.24) is 30.7 Å². The van der Waals surface area contributed by atoms with Crippen LogP contribution < -0.4 is 20.6 Å². The molecule has 0 aliphatic rings. The normalized spacial score (nSPS) is 11.1. The molecule has 2 aromatic heterocycles. The second-order valence-corrected chi connectivity index (χ2v) is 8.98. The summed E-state index contributed by atoms with van der Waals surface area (Å²) in [5.41, 5.74) is 10.4. The summed E-state index contributed by atoms with van der Waals surface area (Å²) in [7, 11) is 1.56. The van der Waals surface area contributed by atoms with E-state index in [1.54, 1.807) is 50.4 Å². The fourth-order valence-electron chi connectivity index (χ4n) is 3.46. The Morgan fingerprint density at radius 3 is 2.62 bits per heavy atom. The number of rotatable bonds is 11. The summed E-state index contributed by atoms with van der Waals surface area (Å²) in [6.45, 7) is 6.12. The van der Waals surface area contributed by atoms with E-state index in [4.69, 9.17) is 19.9 Å². The second-order valence-electron chi connectivity index (χ2n) is 8.98. The van der Waals surface area contributed by atoms with Gasteiger partial charge in [-0.3, -0.25) is 4.79 Å². The maximum atomic E-state index is 12.6. The molecule has 2 aromatic carbocycles. The number of carbonyl (C=O) groups excluding carboxylic acids is 2. The summed E-state index contributed by atoms with van der Waals surface area (Å²) in [6, 6.07) is 12.1. The number of nitrogens with zero attached hydrogens (tertiary/aromatic N) is 6. The molecule has 0 fully saturated rings. The largest absolute Gasteiger partial charge is 0.496 e. The number of aromatic nitrogens is 5. The van der Waals surface area contributed by atoms with Gasteiger partial charge in [0.1, 0.15) is 18.1 Å². The number of esters is 1. The first-order valence-corrected chi connectivity index (χ1v) is 12.2. The monoisotopic (exact) mass is 548 g/mol. The molecule has 0 atom stereocenters. The Labute approximate surface area is 229 Å². The summed E-state index contributed by atoms with van der Waals surface area (Å²) < 4.78 is 22.4. The maximum Gasteiger partial charge on any atom is 0.338 e. The quantitative estimate of drug-likeness (QED) is 0.160. The first-order chi connectivity index (χ1) is 19.3. The van der Waals surface area contributed by atoms with Crippen LogP contribution in [0.3, 0.4) is 0 Å². The number of amides is 1. The highest BCUT2D eigenvalue weighted by molar-refractivity contribution is 5.94. The highest BCUT2D eigenvalue weighted by Crippen LogP contribution is 2.22. The van der Waals surface area contributed by atoms with Gasteiger partial charge in [0.05, 0.1) is 31.2 Å². The molecule has 40 heavy (non-hydrogen) atoms. The van der Waals surface area contributed by atoms with Crippen LogP contribution in [0.25, 0.3) is 5.82 Å². The number of carbonyl (C=O) groups is 2. The van der Waals surface area contributed by atoms with Crippen molar-refractivity contribution >= 4 is 23.9 Å². The van der Waals surface area contributed by atoms with E-state index in [-0.39, 0.29) is 35.8 Å². The van der Waals surface area contributed by atoms with E-state index >= 15 is 0 Å². The minimum atomic E-state index is -0.580. The molecule has 0 saturated carbocycles. The van der Waals surface area contributed by atoms with Gasteiger partial charge in [0.15, 0.2) is 5.69 Å². The van der Waals surface area contributed by atoms with Gasteiger partial charge in [-0.15, -0.1) is 5.10 Å². The molecule has 0 spiro atoms. The number of benzene rings is 2. The smallest absolute Gasteiger partial charge is 0.338 e. The zero-order chi connectivity index (χ0) is 28.6. The minimum absolute atomic E-state index is 0.0103. The van der Waals surface area contributed by atoms with Crippen molar-refractivity contribution in [2.75, 3.05) is 19.5 Å². The molecule has 4 rings (SSSR count). The Morgan fingerprint density at radius 2 is 1.95 bits per heavy atom. The molecule has 2 heterocycles. The Balaban J connectivity index is 1.37. The van der Waals surface area contributed by atoms with Crippen LogP contribution in [0.15, 0.2) is 52.2 Å². The van der Waals surface area contributed by atoms with Crippen LogP contribution in [0.4, 0.5) is 5.82 Å². The average Bonchev–Trinajstić information content (AvgIpc) is 3.55. The SMILES string of the molecule is COc1ccc(/C=N\NC(=O)c2nnn(-c3nonc3N)c2C)cc1COc1ccc(C(=O)OCC(C)C)cc1. The molecule has 14 nitrogen and oxygen atoms in total. The molecule has 1 amide bonds. The highest BCUT2D eigenvalue weighted by atomic mass is 16.6. The topological polar surface area (TPSA) is 182 Å². The third kappa shape index (κ3) is 6.59. The summed E-state index contributed by atoms with van der Waals surface area (Å²) in [6.07, 6.45) is 1.47. The molecule has 0 saturated heterocycles. The zero-order valence-corrected chi connectivity index (χ0v) is 22.3. The number of anilines is 1. The molecule has 0 bridgehead atoms. The molecule has 0 unspecified atom stereocenters. The molecule has 3 N–H and O–H groups in total. The summed E-state index contributed by atoms with van der Waals surface area (Å²) in [5.74, 6) is 0.622. The van der Waals surface area contributed by atoms with E-state index in [9.17, 15) is 9.59 Å². The van der Waals surface area contributed by atoms with Gasteiger partial charge in [0, 0.05) is 5.56 Å². The maximum absolute atomic E-state index is 12.6. The summed E-state index contributed by atoms with van der Waals surface area (Å²) in [4.78, 5) is 24.7. The number of hydrogen-bond acceptors (Lipinski definition) is 12. The third-order valence-corrected chi connectivity index (χ3v) is 5.52. The van der Waals surface area contributed by atoms with Gasteiger partial charge in [-0.05, 0) is 71.2 Å². The van der Waals surface area contributed by atoms with Gasteiger partial charge in [0.25, 0.3) is 5.91 Å². The second kappa shape index (κ2) is 12.5. The lowest BCUT2D eigenvalue weighted by atomic mass is 10.1. The fraction of sp³-hybridized carbons (Fsp3) is 0.269. The van der Waals surface area contributed by atoms with Gasteiger partial charge in [-0.25, -0.2) is 14.8 Å². The van der Waals surface area contributed by atoms with Crippen molar-refractivity contribution in [2.24, 2.45) is 11.0 Å². The van der Waals surface area contributed by atoms with E-state index in [2.05, 4.69) is 35.8 Å². The standard InChI is InChI=1S/C26H28N8O6/c1-15(2)13-39-26(36)18-6-8-20(9-7-18)38-14-19-11-17(5-10-21(19)37-4)12-28-30-25(35)22-16(3)34(33-29-22)24-23(27)31-40-32-24/h5-12,15H,13-14H2,1-4H3,(H2,27,31)(H,30,35)/b28-12-. The van der Waals surface area contributed by atoms with E-state index in [0.717, 1.165) is 5.56 Å². The van der Waals surface area contributed by atoms with Crippen molar-refractivity contribution in [3.05, 3.63) is 70.5 Å². The van der Waals surface area contributed by atoms with Crippen LogP contribution in [0.5, 0.6) is 11.5 Å². The number of ether oxygens (including phenoxy) is 3. The van der Waals surface area contributed by atoms with Crippen LogP contribution in [0.1, 0.15) is 51.5 Å². The fourth-order valence-corrected chi connectivity index (χ4v) is 3.46. The highest BCUT2D eigenvalue weighted by Gasteiger charge is 2.20. The molecule has 208 valence electrons. The number of methoxy groups -OCH3 is 1. The van der Waals surface area contributed by atoms with Gasteiger partial charge in [-0.1, -0.05) is 19.1 Å². The van der Waals surface area contributed by atoms with Gasteiger partial charge in [0.2, 0.25) is 11.6 Å². The number of hydrazone groups is 1. The Kier molecular flexibility index (Phi) is 8.69. The molecule has 0 aliphatic carbocycles. The molecular formula is C26H28N8O6. The Bertz CT molecular complexity index is 1510. The molecule has 14 heteroatoms. The zero-order valence-electron chi connectivity index (χ0n) is 22.3. The van der Waals surface area contributed by atoms with Gasteiger partial charge < -0.3 is 19.9 Å². The van der Waals surface area contributed by atoms with Crippen molar-refractivity contribution < 1.29 is 28.4 Å². The number of nitrogen functional groups attached to an aromatic ring is 1. The third-order valence-electron chi connectivity index (χ3n) is 5.52. The predicted molar refractivity (Wildman–Crippen MR) is 142 cm³/mol. The van der Waals surface area contributed by atoms with Gasteiger partial charge in [-0.2, -0.15) is 9.78 Å². The lowest BCUT2D eigenvalue weighted by molar-refractivity contribution is 0.0459. The summed E-state index contributed by atoms with van der Waals surface area (Å²) in [5, 5.41) is 18.9. The van der Waals surface area contributed by atoms with Crippen molar-refractivity contribution in [3.63, 3.8) is 0 Å². The number of hydrogen-bond donors (Lipinski definition) is 2. The van der Waals surface area contributed by atoms with E-state index in [0.29, 0.717) is 34.9 Å². The average molecular weight is 549 g/mol. The van der Waals surface area contributed by atoms with Gasteiger partial charge >= 0.3 is 5.97 Å². The van der Waals surface area contributed by atoms with Crippen LogP contribution in [0.2, 0.25) is 0 Å². The summed E-state index contributed by atoms with van der Waals surface area (Å²) >= 11 is 0. The Hall–Kier alpha value is -5.27. The minimum Gasteiger partial charge on any atom is -0.496 e. The van der Waals surface area contributed by atoms with Crippen molar-refractivity contribution in [1.29, 1.82) is 0 Å². The van der Waals surface area contributed by atoms with Crippen molar-refractivity contribution in [2.45, 2.75) is 27.4 Å². The first kappa shape index (κ1) is 27.8. The molecule has 0 aliphatic heterocycles. The number of nitrogens with one attached hydrogen (secondary N) is 1. The van der Waals surface area contributed by atoms with Crippen LogP contribution in [0, 0.1) is 12.8 Å². The number of nitrogens with two attached hydrogens (primary N) is 1. The van der Waals surface area contributed by atoms with E-state index in [1.807, 2.05) is 19.9 Å². The Morgan fingerprint density at radius 1 is 1.18 bits per heavy atom. The first-order valence-electron chi connectivity index (χ1n) is 12.2. The molecule has 4 aromatic rings. The van der Waals surface area contributed by atoms with Crippen molar-refractivity contribution in [3.8, 4) is 17.3 Å². The van der Waals surface area contributed by atoms with Crippen LogP contribution in [-0.2, 0) is 11.3 Å². The molecule has 0 radical (unpaired) electrons. The predicted octanol–water partition coefficient (Wildman–Crippen LogP) is 2.71. The van der Waals surface area contributed by atoms with E-state index in [1.165, 1.54) is 10.9 Å². The van der Waals surface area contributed by atoms with Crippen LogP contribution >= 0.6 is 0 Å². The van der Waals surface area contributed by atoms with E-state index < -0.39 is 5.91 Å². The van der Waals surface area contributed by atoms with Crippen LogP contribution in [-0.4, -0.2) is 57.1 Å².